The maximum atomic E-state index is 8.98. The van der Waals surface area contributed by atoms with Crippen LogP contribution in [0.15, 0.2) is 30.5 Å². The van der Waals surface area contributed by atoms with Gasteiger partial charge in [-0.2, -0.15) is 5.26 Å². The Balaban J connectivity index is 2.06. The summed E-state index contributed by atoms with van der Waals surface area (Å²) in [6, 6.07) is 9.89. The van der Waals surface area contributed by atoms with Crippen LogP contribution in [-0.2, 0) is 4.74 Å². The fraction of sp³-hybridized carbons (Fsp3) is 0.286. The third-order valence-electron chi connectivity index (χ3n) is 3.33. The van der Waals surface area contributed by atoms with Crippen LogP contribution >= 0.6 is 0 Å². The molecule has 1 unspecified atom stereocenters. The topological polar surface area (TPSA) is 75.2 Å². The van der Waals surface area contributed by atoms with Crippen LogP contribution in [0.4, 0.5) is 11.4 Å². The minimum atomic E-state index is -0.377. The molecular formula is C14H14N4O. The Morgan fingerprint density at radius 3 is 3.16 bits per heavy atom. The molecule has 1 atom stereocenters. The number of pyridine rings is 1. The van der Waals surface area contributed by atoms with Gasteiger partial charge in [-0.1, -0.05) is 12.1 Å². The molecule has 0 bridgehead atoms. The van der Waals surface area contributed by atoms with Crippen molar-refractivity contribution in [3.05, 3.63) is 30.5 Å². The molecule has 5 heteroatoms. The zero-order chi connectivity index (χ0) is 13.2. The average molecular weight is 254 g/mol. The SMILES string of the molecule is N#CC1CN(c2ccnc3c(N)cccc23)CCO1. The average Bonchev–Trinajstić information content (AvgIpc) is 2.47. The number of hydrogen-bond acceptors (Lipinski definition) is 5. The molecule has 2 N–H and O–H groups in total. The monoisotopic (exact) mass is 254 g/mol. The van der Waals surface area contributed by atoms with Gasteiger partial charge in [0.2, 0.25) is 0 Å². The predicted octanol–water partition coefficient (Wildman–Crippen LogP) is 1.55. The molecule has 1 aromatic carbocycles. The number of para-hydroxylation sites is 1. The summed E-state index contributed by atoms with van der Waals surface area (Å²) in [4.78, 5) is 6.48. The van der Waals surface area contributed by atoms with Crippen LogP contribution in [0.5, 0.6) is 0 Å². The maximum Gasteiger partial charge on any atom is 0.161 e. The summed E-state index contributed by atoms with van der Waals surface area (Å²) in [5.74, 6) is 0. The van der Waals surface area contributed by atoms with E-state index in [9.17, 15) is 0 Å². The van der Waals surface area contributed by atoms with Crippen molar-refractivity contribution >= 4 is 22.3 Å². The van der Waals surface area contributed by atoms with Gasteiger partial charge >= 0.3 is 0 Å². The third-order valence-corrected chi connectivity index (χ3v) is 3.33. The summed E-state index contributed by atoms with van der Waals surface area (Å²) in [5, 5.41) is 9.99. The number of morpholine rings is 1. The molecule has 0 amide bonds. The van der Waals surface area contributed by atoms with Gasteiger partial charge in [0.15, 0.2) is 6.10 Å². The van der Waals surface area contributed by atoms with Gasteiger partial charge in [0, 0.05) is 23.8 Å². The van der Waals surface area contributed by atoms with Crippen LogP contribution < -0.4 is 10.6 Å². The van der Waals surface area contributed by atoms with E-state index < -0.39 is 0 Å². The summed E-state index contributed by atoms with van der Waals surface area (Å²) >= 11 is 0. The number of nitriles is 1. The summed E-state index contributed by atoms with van der Waals surface area (Å²) in [7, 11) is 0. The molecule has 0 saturated carbocycles. The highest BCUT2D eigenvalue weighted by molar-refractivity contribution is 5.98. The molecule has 1 aliphatic heterocycles. The largest absolute Gasteiger partial charge is 0.397 e. The first-order chi connectivity index (χ1) is 9.29. The first kappa shape index (κ1) is 11.8. The van der Waals surface area contributed by atoms with E-state index in [0.717, 1.165) is 23.1 Å². The smallest absolute Gasteiger partial charge is 0.161 e. The van der Waals surface area contributed by atoms with Crippen LogP contribution in [0.3, 0.4) is 0 Å². The number of ether oxygens (including phenoxy) is 1. The molecule has 96 valence electrons. The quantitative estimate of drug-likeness (QED) is 0.781. The molecule has 1 fully saturated rings. The zero-order valence-corrected chi connectivity index (χ0v) is 10.4. The summed E-state index contributed by atoms with van der Waals surface area (Å²) in [6.07, 6.45) is 1.38. The van der Waals surface area contributed by atoms with Crippen molar-refractivity contribution in [3.8, 4) is 6.07 Å². The second-order valence-corrected chi connectivity index (χ2v) is 4.51. The first-order valence-electron chi connectivity index (χ1n) is 6.19. The lowest BCUT2D eigenvalue weighted by Gasteiger charge is -2.32. The molecule has 3 rings (SSSR count). The number of anilines is 2. The van der Waals surface area contributed by atoms with Gasteiger partial charge in [0.1, 0.15) is 0 Å². The molecule has 2 heterocycles. The Kier molecular flexibility index (Phi) is 2.94. The van der Waals surface area contributed by atoms with Gasteiger partial charge in [-0.25, -0.2) is 0 Å². The van der Waals surface area contributed by atoms with Crippen LogP contribution in [0.1, 0.15) is 0 Å². The molecule has 0 spiro atoms. The van der Waals surface area contributed by atoms with Gasteiger partial charge in [-0.15, -0.1) is 0 Å². The number of nitrogens with two attached hydrogens (primary N) is 1. The van der Waals surface area contributed by atoms with Crippen LogP contribution in [-0.4, -0.2) is 30.8 Å². The lowest BCUT2D eigenvalue weighted by Crippen LogP contribution is -2.41. The first-order valence-corrected chi connectivity index (χ1v) is 6.19. The van der Waals surface area contributed by atoms with Gasteiger partial charge < -0.3 is 15.4 Å². The van der Waals surface area contributed by atoms with Crippen LogP contribution in [0.25, 0.3) is 10.9 Å². The predicted molar refractivity (Wildman–Crippen MR) is 73.7 cm³/mol. The number of hydrogen-bond donors (Lipinski definition) is 1. The number of nitrogens with zero attached hydrogens (tertiary/aromatic N) is 3. The molecule has 5 nitrogen and oxygen atoms in total. The van der Waals surface area contributed by atoms with Crippen molar-refractivity contribution < 1.29 is 4.74 Å². The summed E-state index contributed by atoms with van der Waals surface area (Å²) in [6.45, 7) is 1.90. The molecular weight excluding hydrogens is 240 g/mol. The van der Waals surface area contributed by atoms with Crippen molar-refractivity contribution in [1.82, 2.24) is 4.98 Å². The fourth-order valence-corrected chi connectivity index (χ4v) is 2.41. The van der Waals surface area contributed by atoms with E-state index in [4.69, 9.17) is 15.7 Å². The molecule has 1 aromatic heterocycles. The minimum Gasteiger partial charge on any atom is -0.397 e. The second kappa shape index (κ2) is 4.75. The minimum absolute atomic E-state index is 0.377. The van der Waals surface area contributed by atoms with Crippen molar-refractivity contribution in [2.75, 3.05) is 30.3 Å². The van der Waals surface area contributed by atoms with Crippen molar-refractivity contribution in [2.24, 2.45) is 0 Å². The van der Waals surface area contributed by atoms with E-state index in [0.29, 0.717) is 18.8 Å². The Morgan fingerprint density at radius 1 is 1.42 bits per heavy atom. The number of fused-ring (bicyclic) bond motifs is 1. The highest BCUT2D eigenvalue weighted by Gasteiger charge is 2.21. The number of nitrogen functional groups attached to an aromatic ring is 1. The zero-order valence-electron chi connectivity index (χ0n) is 10.4. The van der Waals surface area contributed by atoms with E-state index in [1.54, 1.807) is 6.20 Å². The van der Waals surface area contributed by atoms with Gasteiger partial charge in [-0.05, 0) is 12.1 Å². The van der Waals surface area contributed by atoms with E-state index in [1.807, 2.05) is 24.3 Å². The lowest BCUT2D eigenvalue weighted by atomic mass is 10.1. The molecule has 0 radical (unpaired) electrons. The van der Waals surface area contributed by atoms with E-state index in [-0.39, 0.29) is 6.10 Å². The van der Waals surface area contributed by atoms with Crippen LogP contribution in [0.2, 0.25) is 0 Å². The van der Waals surface area contributed by atoms with Crippen LogP contribution in [0, 0.1) is 11.3 Å². The fourth-order valence-electron chi connectivity index (χ4n) is 2.41. The number of rotatable bonds is 1. The molecule has 0 aliphatic carbocycles. The Hall–Kier alpha value is -2.32. The highest BCUT2D eigenvalue weighted by Crippen LogP contribution is 2.29. The number of aromatic nitrogens is 1. The van der Waals surface area contributed by atoms with Crippen molar-refractivity contribution in [2.45, 2.75) is 6.10 Å². The number of benzene rings is 1. The normalized spacial score (nSPS) is 19.3. The standard InChI is InChI=1S/C14H14N4O/c15-8-10-9-18(6-7-19-10)13-4-5-17-14-11(13)2-1-3-12(14)16/h1-5,10H,6-7,9,16H2. The van der Waals surface area contributed by atoms with Gasteiger partial charge in [0.25, 0.3) is 0 Å². The van der Waals surface area contributed by atoms with Crippen molar-refractivity contribution in [1.29, 1.82) is 5.26 Å². The molecule has 1 aliphatic rings. The maximum absolute atomic E-state index is 8.98. The van der Waals surface area contributed by atoms with Gasteiger partial charge in [0.05, 0.1) is 30.4 Å². The summed E-state index contributed by atoms with van der Waals surface area (Å²) in [5.41, 5.74) is 8.48. The second-order valence-electron chi connectivity index (χ2n) is 4.51. The Bertz CT molecular complexity index is 649. The lowest BCUT2D eigenvalue weighted by molar-refractivity contribution is 0.0765. The molecule has 19 heavy (non-hydrogen) atoms. The van der Waals surface area contributed by atoms with E-state index in [1.165, 1.54) is 0 Å². The molecule has 2 aromatic rings. The van der Waals surface area contributed by atoms with Gasteiger partial charge in [-0.3, -0.25) is 4.98 Å². The summed E-state index contributed by atoms with van der Waals surface area (Å²) < 4.78 is 5.37. The van der Waals surface area contributed by atoms with E-state index in [2.05, 4.69) is 16.0 Å². The highest BCUT2D eigenvalue weighted by atomic mass is 16.5. The molecule has 1 saturated heterocycles. The third kappa shape index (κ3) is 2.07. The van der Waals surface area contributed by atoms with E-state index >= 15 is 0 Å². The Morgan fingerprint density at radius 2 is 2.32 bits per heavy atom. The Labute approximate surface area is 111 Å². The van der Waals surface area contributed by atoms with Crippen molar-refractivity contribution in [3.63, 3.8) is 0 Å².